The second-order valence-electron chi connectivity index (χ2n) is 5.61. The fourth-order valence-corrected chi connectivity index (χ4v) is 3.73. The van der Waals surface area contributed by atoms with Crippen molar-refractivity contribution < 1.29 is 4.74 Å². The van der Waals surface area contributed by atoms with Gasteiger partial charge in [0.05, 0.1) is 7.11 Å². The third-order valence-corrected chi connectivity index (χ3v) is 4.60. The molecular formula is C15H20N2OS. The van der Waals surface area contributed by atoms with Crippen molar-refractivity contribution in [1.29, 1.82) is 0 Å². The molecule has 0 radical (unpaired) electrons. The van der Waals surface area contributed by atoms with Gasteiger partial charge in [-0.25, -0.2) is 0 Å². The van der Waals surface area contributed by atoms with E-state index in [2.05, 4.69) is 10.6 Å². The minimum atomic E-state index is 0.573. The van der Waals surface area contributed by atoms with E-state index < -0.39 is 0 Å². The summed E-state index contributed by atoms with van der Waals surface area (Å²) >= 11 is 5.40. The third-order valence-electron chi connectivity index (χ3n) is 4.38. The molecule has 1 aromatic rings. The van der Waals surface area contributed by atoms with Crippen molar-refractivity contribution in [3.05, 3.63) is 24.3 Å². The predicted octanol–water partition coefficient (Wildman–Crippen LogP) is 3.17. The van der Waals surface area contributed by atoms with Crippen molar-refractivity contribution in [2.24, 2.45) is 11.8 Å². The van der Waals surface area contributed by atoms with E-state index in [1.165, 1.54) is 25.7 Å². The molecule has 0 amide bonds. The summed E-state index contributed by atoms with van der Waals surface area (Å²) in [4.78, 5) is 0. The molecule has 0 heterocycles. The van der Waals surface area contributed by atoms with Gasteiger partial charge in [-0.05, 0) is 55.4 Å². The number of hydrogen-bond donors (Lipinski definition) is 2. The average Bonchev–Trinajstić information content (AvgIpc) is 3.01. The zero-order valence-corrected chi connectivity index (χ0v) is 12.0. The van der Waals surface area contributed by atoms with Gasteiger partial charge >= 0.3 is 0 Å². The van der Waals surface area contributed by atoms with Gasteiger partial charge in [-0.3, -0.25) is 0 Å². The average molecular weight is 276 g/mol. The number of hydrogen-bond acceptors (Lipinski definition) is 2. The van der Waals surface area contributed by atoms with Gasteiger partial charge in [0.25, 0.3) is 0 Å². The number of fused-ring (bicyclic) bond motifs is 2. The number of ether oxygens (including phenoxy) is 1. The number of thiocarbonyl (C=S) groups is 1. The highest BCUT2D eigenvalue weighted by Crippen LogP contribution is 2.44. The third kappa shape index (κ3) is 2.84. The van der Waals surface area contributed by atoms with Gasteiger partial charge in [0.2, 0.25) is 0 Å². The molecule has 3 rings (SSSR count). The van der Waals surface area contributed by atoms with Crippen LogP contribution in [0.1, 0.15) is 25.7 Å². The molecule has 4 heteroatoms. The van der Waals surface area contributed by atoms with Crippen LogP contribution in [-0.4, -0.2) is 18.3 Å². The lowest BCUT2D eigenvalue weighted by Gasteiger charge is -2.24. The molecule has 0 aliphatic heterocycles. The van der Waals surface area contributed by atoms with E-state index in [4.69, 9.17) is 17.0 Å². The minimum absolute atomic E-state index is 0.573. The normalized spacial score (nSPS) is 28.2. The molecule has 2 saturated carbocycles. The zero-order valence-electron chi connectivity index (χ0n) is 11.2. The molecular weight excluding hydrogens is 256 g/mol. The monoisotopic (exact) mass is 276 g/mol. The highest BCUT2D eigenvalue weighted by Gasteiger charge is 2.39. The lowest BCUT2D eigenvalue weighted by atomic mass is 9.96. The van der Waals surface area contributed by atoms with Crippen LogP contribution >= 0.6 is 12.2 Å². The van der Waals surface area contributed by atoms with Crippen LogP contribution < -0.4 is 15.4 Å². The van der Waals surface area contributed by atoms with Crippen molar-refractivity contribution in [3.8, 4) is 5.75 Å². The molecule has 0 spiro atoms. The Hall–Kier alpha value is -1.29. The molecule has 2 fully saturated rings. The molecule has 2 bridgehead atoms. The number of benzene rings is 1. The minimum Gasteiger partial charge on any atom is -0.497 e. The summed E-state index contributed by atoms with van der Waals surface area (Å²) in [5.74, 6) is 2.60. The Labute approximate surface area is 119 Å². The van der Waals surface area contributed by atoms with Crippen molar-refractivity contribution in [2.45, 2.75) is 31.7 Å². The van der Waals surface area contributed by atoms with Crippen molar-refractivity contribution in [2.75, 3.05) is 12.4 Å². The Morgan fingerprint density at radius 1 is 1.32 bits per heavy atom. The molecule has 2 aliphatic carbocycles. The first-order chi connectivity index (χ1) is 9.24. The zero-order chi connectivity index (χ0) is 13.2. The highest BCUT2D eigenvalue weighted by atomic mass is 32.1. The summed E-state index contributed by atoms with van der Waals surface area (Å²) in [5.41, 5.74) is 0.972. The maximum absolute atomic E-state index is 5.40. The first-order valence-corrected chi connectivity index (χ1v) is 7.37. The lowest BCUT2D eigenvalue weighted by molar-refractivity contribution is 0.392. The van der Waals surface area contributed by atoms with Crippen LogP contribution in [0.15, 0.2) is 24.3 Å². The van der Waals surface area contributed by atoms with Crippen LogP contribution in [0.3, 0.4) is 0 Å². The van der Waals surface area contributed by atoms with E-state index in [0.29, 0.717) is 6.04 Å². The summed E-state index contributed by atoms with van der Waals surface area (Å²) < 4.78 is 5.21. The Morgan fingerprint density at radius 2 is 2.21 bits per heavy atom. The van der Waals surface area contributed by atoms with E-state index in [1.54, 1.807) is 7.11 Å². The standard InChI is InChI=1S/C15H20N2OS/c1-18-13-4-2-3-12(9-13)16-15(19)17-14-8-10-5-6-11(14)7-10/h2-4,9-11,14H,5-8H2,1H3,(H2,16,17,19)/t10-,11-,14-/m1/s1. The van der Waals surface area contributed by atoms with Gasteiger partial charge in [-0.2, -0.15) is 0 Å². The molecule has 0 aromatic heterocycles. The fourth-order valence-electron chi connectivity index (χ4n) is 3.46. The number of nitrogens with one attached hydrogen (secondary N) is 2. The lowest BCUT2D eigenvalue weighted by Crippen LogP contribution is -2.40. The van der Waals surface area contributed by atoms with Crippen LogP contribution in [0, 0.1) is 11.8 Å². The number of anilines is 1. The molecule has 0 unspecified atom stereocenters. The summed E-state index contributed by atoms with van der Waals surface area (Å²) in [6.07, 6.45) is 5.45. The Bertz CT molecular complexity index is 477. The smallest absolute Gasteiger partial charge is 0.171 e. The van der Waals surface area contributed by atoms with Gasteiger partial charge in [-0.15, -0.1) is 0 Å². The van der Waals surface area contributed by atoms with Crippen LogP contribution in [-0.2, 0) is 0 Å². The Kier molecular flexibility index (Phi) is 3.60. The summed E-state index contributed by atoms with van der Waals surface area (Å²) in [7, 11) is 1.67. The fraction of sp³-hybridized carbons (Fsp3) is 0.533. The van der Waals surface area contributed by atoms with Gasteiger partial charge in [0.1, 0.15) is 5.75 Å². The first-order valence-electron chi connectivity index (χ1n) is 6.96. The largest absolute Gasteiger partial charge is 0.497 e. The second kappa shape index (κ2) is 5.37. The quantitative estimate of drug-likeness (QED) is 0.831. The molecule has 1 aromatic carbocycles. The molecule has 2 aliphatic rings. The SMILES string of the molecule is COc1cccc(NC(=S)N[C@@H]2C[C@@H]3CC[C@@H]2C3)c1. The van der Waals surface area contributed by atoms with Crippen molar-refractivity contribution in [1.82, 2.24) is 5.32 Å². The second-order valence-corrected chi connectivity index (χ2v) is 6.02. The van der Waals surface area contributed by atoms with Crippen LogP contribution in [0.25, 0.3) is 0 Å². The van der Waals surface area contributed by atoms with Gasteiger partial charge in [0, 0.05) is 17.8 Å². The molecule has 0 saturated heterocycles. The highest BCUT2D eigenvalue weighted by molar-refractivity contribution is 7.80. The summed E-state index contributed by atoms with van der Waals surface area (Å²) in [6, 6.07) is 8.41. The molecule has 2 N–H and O–H groups in total. The molecule has 102 valence electrons. The van der Waals surface area contributed by atoms with E-state index in [-0.39, 0.29) is 0 Å². The van der Waals surface area contributed by atoms with Crippen LogP contribution in [0.2, 0.25) is 0 Å². The van der Waals surface area contributed by atoms with E-state index >= 15 is 0 Å². The summed E-state index contributed by atoms with van der Waals surface area (Å²) in [5, 5.41) is 7.45. The summed E-state index contributed by atoms with van der Waals surface area (Å²) in [6.45, 7) is 0. The molecule has 3 atom stereocenters. The number of methoxy groups -OCH3 is 1. The van der Waals surface area contributed by atoms with E-state index in [0.717, 1.165) is 28.4 Å². The maximum atomic E-state index is 5.40. The van der Waals surface area contributed by atoms with E-state index in [9.17, 15) is 0 Å². The Balaban J connectivity index is 1.56. The first kappa shape index (κ1) is 12.7. The number of rotatable bonds is 3. The maximum Gasteiger partial charge on any atom is 0.171 e. The predicted molar refractivity (Wildman–Crippen MR) is 81.6 cm³/mol. The molecule has 19 heavy (non-hydrogen) atoms. The van der Waals surface area contributed by atoms with Crippen molar-refractivity contribution in [3.63, 3.8) is 0 Å². The Morgan fingerprint density at radius 3 is 2.89 bits per heavy atom. The topological polar surface area (TPSA) is 33.3 Å². The van der Waals surface area contributed by atoms with Gasteiger partial charge < -0.3 is 15.4 Å². The van der Waals surface area contributed by atoms with Crippen molar-refractivity contribution >= 4 is 23.0 Å². The van der Waals surface area contributed by atoms with Gasteiger partial charge in [-0.1, -0.05) is 12.5 Å². The molecule has 3 nitrogen and oxygen atoms in total. The van der Waals surface area contributed by atoms with Crippen LogP contribution in [0.4, 0.5) is 5.69 Å². The van der Waals surface area contributed by atoms with Gasteiger partial charge in [0.15, 0.2) is 5.11 Å². The van der Waals surface area contributed by atoms with Crippen LogP contribution in [0.5, 0.6) is 5.75 Å². The van der Waals surface area contributed by atoms with E-state index in [1.807, 2.05) is 24.3 Å².